The van der Waals surface area contributed by atoms with E-state index in [0.717, 1.165) is 0 Å². The molecule has 0 aromatic heterocycles. The first-order valence-electron chi connectivity index (χ1n) is 5.19. The molecule has 8 heteroatoms. The number of amidine groups is 1. The third-order valence-electron chi connectivity index (χ3n) is 1.95. The highest BCUT2D eigenvalue weighted by Gasteiger charge is 2.10. The number of nitriles is 1. The van der Waals surface area contributed by atoms with E-state index in [1.54, 1.807) is 18.2 Å². The van der Waals surface area contributed by atoms with E-state index in [4.69, 9.17) is 32.7 Å². The van der Waals surface area contributed by atoms with E-state index >= 15 is 0 Å². The van der Waals surface area contributed by atoms with Crippen molar-refractivity contribution in [3.63, 3.8) is 0 Å². The van der Waals surface area contributed by atoms with E-state index in [2.05, 4.69) is 26.5 Å². The number of hydrogen-bond acceptors (Lipinski definition) is 5. The Labute approximate surface area is 123 Å². The van der Waals surface area contributed by atoms with Gasteiger partial charge in [-0.3, -0.25) is 10.8 Å². The van der Waals surface area contributed by atoms with Gasteiger partial charge in [-0.15, -0.1) is 0 Å². The molecule has 0 aliphatic carbocycles. The fourth-order valence-electron chi connectivity index (χ4n) is 1.20. The number of benzene rings is 1. The van der Waals surface area contributed by atoms with Gasteiger partial charge in [-0.25, -0.2) is 0 Å². The lowest BCUT2D eigenvalue weighted by molar-refractivity contribution is 0.339. The monoisotopic (exact) mass is 343 g/mol. The van der Waals surface area contributed by atoms with Gasteiger partial charge in [0.15, 0.2) is 11.6 Å². The highest BCUT2D eigenvalue weighted by atomic mass is 79.9. The predicted octanol–water partition coefficient (Wildman–Crippen LogP) is 2.73. The summed E-state index contributed by atoms with van der Waals surface area (Å²) in [7, 11) is 0. The second kappa shape index (κ2) is 6.97. The number of hydrogen-bond donors (Lipinski definition) is 3. The zero-order chi connectivity index (χ0) is 14.4. The zero-order valence-electron chi connectivity index (χ0n) is 10.00. The van der Waals surface area contributed by atoms with Crippen LogP contribution in [0.25, 0.3) is 0 Å². The first kappa shape index (κ1) is 15.3. The summed E-state index contributed by atoms with van der Waals surface area (Å²) in [6.07, 6.45) is 0. The van der Waals surface area contributed by atoms with Gasteiger partial charge >= 0.3 is 0 Å². The van der Waals surface area contributed by atoms with Crippen molar-refractivity contribution in [2.45, 2.75) is 6.92 Å². The van der Waals surface area contributed by atoms with E-state index in [-0.39, 0.29) is 5.71 Å². The Morgan fingerprint density at radius 2 is 2.37 bits per heavy atom. The lowest BCUT2D eigenvalue weighted by Gasteiger charge is -2.12. The standard InChI is InChI=1S/C11H11BrClN5O/c1-2-19-10-7(12)3-6(13)4-8(10)17-18-9(5-14)11(15)16/h3-4,17H,2H2,1H3,(H3,15,16)/b18-9+. The van der Waals surface area contributed by atoms with Crippen molar-refractivity contribution in [3.8, 4) is 11.8 Å². The topological polar surface area (TPSA) is 107 Å². The second-order valence-electron chi connectivity index (χ2n) is 3.30. The molecule has 0 saturated heterocycles. The van der Waals surface area contributed by atoms with Crippen LogP contribution in [0.3, 0.4) is 0 Å². The van der Waals surface area contributed by atoms with Gasteiger partial charge in [-0.05, 0) is 35.0 Å². The molecule has 0 aliphatic rings. The highest BCUT2D eigenvalue weighted by molar-refractivity contribution is 9.10. The molecule has 0 spiro atoms. The number of nitrogens with one attached hydrogen (secondary N) is 2. The average Bonchev–Trinajstić information content (AvgIpc) is 2.33. The summed E-state index contributed by atoms with van der Waals surface area (Å²) in [6.45, 7) is 2.29. The van der Waals surface area contributed by atoms with Crippen LogP contribution in [0.15, 0.2) is 21.7 Å². The number of anilines is 1. The van der Waals surface area contributed by atoms with Gasteiger partial charge in [0.1, 0.15) is 11.8 Å². The van der Waals surface area contributed by atoms with Crippen LogP contribution in [-0.4, -0.2) is 18.2 Å². The fraction of sp³-hybridized carbons (Fsp3) is 0.182. The first-order valence-corrected chi connectivity index (χ1v) is 6.36. The van der Waals surface area contributed by atoms with Crippen LogP contribution in [0.5, 0.6) is 5.75 Å². The first-order chi connectivity index (χ1) is 8.99. The molecule has 19 heavy (non-hydrogen) atoms. The minimum absolute atomic E-state index is 0.224. The molecule has 0 radical (unpaired) electrons. The Morgan fingerprint density at radius 1 is 1.68 bits per heavy atom. The lowest BCUT2D eigenvalue weighted by Crippen LogP contribution is -2.21. The Kier molecular flexibility index (Phi) is 5.60. The van der Waals surface area contributed by atoms with Crippen LogP contribution in [0.2, 0.25) is 5.02 Å². The maximum absolute atomic E-state index is 8.75. The van der Waals surface area contributed by atoms with E-state index in [1.165, 1.54) is 0 Å². The van der Waals surface area contributed by atoms with Crippen molar-refractivity contribution in [2.24, 2.45) is 10.8 Å². The summed E-state index contributed by atoms with van der Waals surface area (Å²) in [6, 6.07) is 4.98. The number of halogens is 2. The van der Waals surface area contributed by atoms with Gasteiger partial charge in [-0.2, -0.15) is 10.4 Å². The molecule has 0 aliphatic heterocycles. The molecular formula is C11H11BrClN5O. The highest BCUT2D eigenvalue weighted by Crippen LogP contribution is 2.36. The molecule has 4 N–H and O–H groups in total. The fourth-order valence-corrected chi connectivity index (χ4v) is 2.12. The van der Waals surface area contributed by atoms with Crippen LogP contribution in [0.1, 0.15) is 6.92 Å². The third kappa shape index (κ3) is 4.12. The normalized spacial score (nSPS) is 10.7. The molecule has 0 atom stereocenters. The molecule has 0 unspecified atom stereocenters. The summed E-state index contributed by atoms with van der Waals surface area (Å²) in [5.41, 5.74) is 8.05. The zero-order valence-corrected chi connectivity index (χ0v) is 12.3. The third-order valence-corrected chi connectivity index (χ3v) is 2.75. The van der Waals surface area contributed by atoms with Crippen LogP contribution in [0.4, 0.5) is 5.69 Å². The molecule has 0 bridgehead atoms. The van der Waals surface area contributed by atoms with Crippen LogP contribution >= 0.6 is 27.5 Å². The molecule has 1 rings (SSSR count). The van der Waals surface area contributed by atoms with Crippen molar-refractivity contribution in [1.82, 2.24) is 0 Å². The van der Waals surface area contributed by atoms with Gasteiger partial charge < -0.3 is 10.5 Å². The van der Waals surface area contributed by atoms with Crippen LogP contribution in [0, 0.1) is 16.7 Å². The van der Waals surface area contributed by atoms with E-state index < -0.39 is 5.84 Å². The molecule has 0 amide bonds. The SMILES string of the molecule is CCOc1c(Br)cc(Cl)cc1N/N=C(\C#N)C(=N)N. The largest absolute Gasteiger partial charge is 0.490 e. The molecular weight excluding hydrogens is 334 g/mol. The smallest absolute Gasteiger partial charge is 0.201 e. The second-order valence-corrected chi connectivity index (χ2v) is 4.59. The van der Waals surface area contributed by atoms with E-state index in [9.17, 15) is 0 Å². The van der Waals surface area contributed by atoms with Crippen molar-refractivity contribution in [2.75, 3.05) is 12.0 Å². The molecule has 0 fully saturated rings. The molecule has 0 heterocycles. The molecule has 0 saturated carbocycles. The number of nitrogens with two attached hydrogens (primary N) is 1. The summed E-state index contributed by atoms with van der Waals surface area (Å²) in [4.78, 5) is 0. The molecule has 1 aromatic rings. The number of nitrogens with zero attached hydrogens (tertiary/aromatic N) is 2. The molecule has 6 nitrogen and oxygen atoms in total. The molecule has 100 valence electrons. The minimum Gasteiger partial charge on any atom is -0.490 e. The van der Waals surface area contributed by atoms with Crippen molar-refractivity contribution in [1.29, 1.82) is 10.7 Å². The average molecular weight is 345 g/mol. The van der Waals surface area contributed by atoms with Gasteiger partial charge in [0.05, 0.1) is 11.1 Å². The van der Waals surface area contributed by atoms with Gasteiger partial charge in [0, 0.05) is 5.02 Å². The van der Waals surface area contributed by atoms with Crippen molar-refractivity contribution >= 4 is 44.8 Å². The summed E-state index contributed by atoms with van der Waals surface area (Å²) in [5, 5.41) is 20.1. The number of hydrazone groups is 1. The number of rotatable bonds is 5. The van der Waals surface area contributed by atoms with Crippen LogP contribution in [-0.2, 0) is 0 Å². The van der Waals surface area contributed by atoms with Gasteiger partial charge in [0.25, 0.3) is 0 Å². The quantitative estimate of drug-likeness (QED) is 0.433. The summed E-state index contributed by atoms with van der Waals surface area (Å²) in [5.74, 6) is 0.0885. The Hall–Kier alpha value is -1.78. The predicted molar refractivity (Wildman–Crippen MR) is 78.9 cm³/mol. The van der Waals surface area contributed by atoms with Gasteiger partial charge in [-0.1, -0.05) is 11.6 Å². The van der Waals surface area contributed by atoms with E-state index in [0.29, 0.717) is 27.5 Å². The Bertz CT molecular complexity index is 567. The summed E-state index contributed by atoms with van der Waals surface area (Å²) >= 11 is 9.25. The Morgan fingerprint density at radius 3 is 2.89 bits per heavy atom. The maximum atomic E-state index is 8.75. The van der Waals surface area contributed by atoms with E-state index in [1.807, 2.05) is 6.92 Å². The number of ether oxygens (including phenoxy) is 1. The molecule has 1 aromatic carbocycles. The minimum atomic E-state index is -0.422. The maximum Gasteiger partial charge on any atom is 0.201 e. The van der Waals surface area contributed by atoms with Crippen LogP contribution < -0.4 is 15.9 Å². The van der Waals surface area contributed by atoms with Gasteiger partial charge in [0.2, 0.25) is 5.71 Å². The Balaban J connectivity index is 3.13. The van der Waals surface area contributed by atoms with Crippen molar-refractivity contribution in [3.05, 3.63) is 21.6 Å². The lowest BCUT2D eigenvalue weighted by atomic mass is 10.3. The van der Waals surface area contributed by atoms with Crippen molar-refractivity contribution < 1.29 is 4.74 Å². The summed E-state index contributed by atoms with van der Waals surface area (Å²) < 4.78 is 6.10.